The first-order valence-corrected chi connectivity index (χ1v) is 16.5. The first kappa shape index (κ1) is 39.9. The van der Waals surface area contributed by atoms with Crippen LogP contribution in [-0.4, -0.2) is 177 Å². The molecule has 3 aliphatic rings. The molecule has 3 fully saturated rings. The summed E-state index contributed by atoms with van der Waals surface area (Å²) in [6.45, 7) is -2.45. The molecular formula is C33H40O21. The van der Waals surface area contributed by atoms with Crippen LogP contribution in [0.25, 0.3) is 22.3 Å². The summed E-state index contributed by atoms with van der Waals surface area (Å²) >= 11 is 0. The number of phenolic OH excluding ortho intramolecular Hbond substituents is 3. The highest BCUT2D eigenvalue weighted by Gasteiger charge is 2.52. The predicted octanol–water partition coefficient (Wildman–Crippen LogP) is -4.91. The second-order valence-electron chi connectivity index (χ2n) is 13.1. The molecule has 2 aromatic carbocycles. The predicted molar refractivity (Wildman–Crippen MR) is 173 cm³/mol. The van der Waals surface area contributed by atoms with Gasteiger partial charge in [0.25, 0.3) is 0 Å². The van der Waals surface area contributed by atoms with Crippen molar-refractivity contribution >= 4 is 11.0 Å². The van der Waals surface area contributed by atoms with Crippen molar-refractivity contribution in [1.82, 2.24) is 0 Å². The van der Waals surface area contributed by atoms with Crippen LogP contribution in [0.15, 0.2) is 39.5 Å². The van der Waals surface area contributed by atoms with Gasteiger partial charge >= 0.3 is 0 Å². The molecule has 21 nitrogen and oxygen atoms in total. The molecule has 14 N–H and O–H groups in total. The number of hydrogen-bond donors (Lipinski definition) is 14. The van der Waals surface area contributed by atoms with Crippen molar-refractivity contribution < 1.29 is 99.6 Å². The second kappa shape index (κ2) is 15.8. The van der Waals surface area contributed by atoms with E-state index >= 15 is 0 Å². The van der Waals surface area contributed by atoms with E-state index in [4.69, 9.17) is 28.1 Å². The van der Waals surface area contributed by atoms with E-state index in [-0.39, 0.29) is 16.9 Å². The molecule has 54 heavy (non-hydrogen) atoms. The Morgan fingerprint density at radius 3 is 1.81 bits per heavy atom. The topological polar surface area (TPSA) is 360 Å². The summed E-state index contributed by atoms with van der Waals surface area (Å²) in [7, 11) is 0. The van der Waals surface area contributed by atoms with E-state index in [0.29, 0.717) is 0 Å². The van der Waals surface area contributed by atoms with Gasteiger partial charge in [-0.05, 0) is 18.2 Å². The Bertz CT molecular complexity index is 1850. The number of ether oxygens (including phenoxy) is 5. The van der Waals surface area contributed by atoms with Crippen molar-refractivity contribution in [2.45, 2.75) is 91.9 Å². The van der Waals surface area contributed by atoms with E-state index in [1.165, 1.54) is 6.07 Å². The van der Waals surface area contributed by atoms with E-state index in [0.717, 1.165) is 24.3 Å². The zero-order valence-electron chi connectivity index (χ0n) is 27.8. The summed E-state index contributed by atoms with van der Waals surface area (Å²) in [5.41, 5.74) is -1.79. The first-order chi connectivity index (χ1) is 25.6. The molecule has 3 saturated heterocycles. The minimum atomic E-state index is -1.94. The lowest BCUT2D eigenvalue weighted by molar-refractivity contribution is -0.358. The van der Waals surface area contributed by atoms with Crippen LogP contribution in [-0.2, 0) is 18.9 Å². The molecule has 0 saturated carbocycles. The van der Waals surface area contributed by atoms with Crippen LogP contribution >= 0.6 is 0 Å². The molecule has 298 valence electrons. The van der Waals surface area contributed by atoms with Crippen LogP contribution in [0.2, 0.25) is 0 Å². The Hall–Kier alpha value is -3.75. The number of aromatic hydroxyl groups is 3. The van der Waals surface area contributed by atoms with Gasteiger partial charge in [0.1, 0.15) is 101 Å². The normalized spacial score (nSPS) is 37.4. The largest absolute Gasteiger partial charge is 0.507 e. The Morgan fingerprint density at radius 2 is 1.19 bits per heavy atom. The van der Waals surface area contributed by atoms with Crippen LogP contribution in [0.1, 0.15) is 11.7 Å². The van der Waals surface area contributed by atoms with Crippen molar-refractivity contribution in [3.05, 3.63) is 46.1 Å². The molecule has 0 spiro atoms. The molecule has 1 aromatic heterocycles. The second-order valence-corrected chi connectivity index (χ2v) is 13.1. The van der Waals surface area contributed by atoms with E-state index < -0.39 is 151 Å². The zero-order chi connectivity index (χ0) is 39.3. The lowest BCUT2D eigenvalue weighted by atomic mass is 9.89. The van der Waals surface area contributed by atoms with Crippen molar-refractivity contribution in [1.29, 1.82) is 0 Å². The van der Waals surface area contributed by atoms with Crippen LogP contribution in [0.5, 0.6) is 23.0 Å². The van der Waals surface area contributed by atoms with E-state index in [1.54, 1.807) is 0 Å². The third-order valence-electron chi connectivity index (χ3n) is 9.64. The minimum Gasteiger partial charge on any atom is -0.507 e. The van der Waals surface area contributed by atoms with Gasteiger partial charge in [0.2, 0.25) is 6.29 Å². The number of fused-ring (bicyclic) bond motifs is 1. The molecule has 0 amide bonds. The summed E-state index contributed by atoms with van der Waals surface area (Å²) in [5, 5.41) is 144. The average Bonchev–Trinajstić information content (AvgIpc) is 3.14. The van der Waals surface area contributed by atoms with Gasteiger partial charge in [0, 0.05) is 17.7 Å². The number of phenols is 3. The molecule has 0 bridgehead atoms. The van der Waals surface area contributed by atoms with Gasteiger partial charge in [-0.25, -0.2) is 0 Å². The molecular weight excluding hydrogens is 732 g/mol. The lowest BCUT2D eigenvalue weighted by Crippen LogP contribution is -2.65. The molecule has 3 aliphatic heterocycles. The quantitative estimate of drug-likeness (QED) is 0.0969. The number of rotatable bonds is 9. The van der Waals surface area contributed by atoms with Gasteiger partial charge < -0.3 is 99.6 Å². The van der Waals surface area contributed by atoms with Gasteiger partial charge in [0.05, 0.1) is 25.4 Å². The number of aliphatic hydroxyl groups excluding tert-OH is 11. The first-order valence-electron chi connectivity index (χ1n) is 16.5. The van der Waals surface area contributed by atoms with Crippen LogP contribution < -0.4 is 10.2 Å². The molecule has 0 unspecified atom stereocenters. The third-order valence-corrected chi connectivity index (χ3v) is 9.64. The maximum atomic E-state index is 13.4. The van der Waals surface area contributed by atoms with Gasteiger partial charge in [-0.2, -0.15) is 0 Å². The molecule has 0 aliphatic carbocycles. The highest BCUT2D eigenvalue weighted by molar-refractivity contribution is 5.88. The van der Waals surface area contributed by atoms with Gasteiger partial charge in [-0.1, -0.05) is 0 Å². The van der Waals surface area contributed by atoms with E-state index in [9.17, 15) is 76.3 Å². The number of hydrogen-bond acceptors (Lipinski definition) is 21. The van der Waals surface area contributed by atoms with Gasteiger partial charge in [-0.3, -0.25) is 4.79 Å². The highest BCUT2D eigenvalue weighted by Crippen LogP contribution is 2.45. The Balaban J connectivity index is 1.32. The lowest BCUT2D eigenvalue weighted by Gasteiger charge is -2.45. The SMILES string of the molecule is O=c1cc(-c2ccc(O)c(O[C@@H]3O[C@@H](CO)[C@@H](O)[C@H](O)[C@H]3O[C@@H]3O[C@H](CO)[C@@H](O)[C@H](O)[C@H]3O)c2)oc2cc(O)c([C@@H]3O[C@H](CO)[C@@H](O)[C@H](O)[C@H]3O)c(O)c12. The average molecular weight is 773 g/mol. The molecule has 6 rings (SSSR count). The summed E-state index contributed by atoms with van der Waals surface area (Å²) in [6.07, 6.45) is -26.3. The fourth-order valence-corrected chi connectivity index (χ4v) is 6.59. The summed E-state index contributed by atoms with van der Waals surface area (Å²) in [6, 6.07) is 5.31. The Morgan fingerprint density at radius 1 is 0.611 bits per heavy atom. The van der Waals surface area contributed by atoms with Crippen molar-refractivity contribution in [2.75, 3.05) is 19.8 Å². The maximum Gasteiger partial charge on any atom is 0.229 e. The third kappa shape index (κ3) is 7.09. The molecule has 0 radical (unpaired) electrons. The number of benzene rings is 2. The maximum absolute atomic E-state index is 13.4. The summed E-state index contributed by atoms with van der Waals surface area (Å²) in [5.74, 6) is -2.87. The van der Waals surface area contributed by atoms with Gasteiger partial charge in [-0.15, -0.1) is 0 Å². The van der Waals surface area contributed by atoms with Crippen LogP contribution in [0.3, 0.4) is 0 Å². The molecule has 15 atom stereocenters. The standard InChI is InChI=1S/C33H40O21/c34-6-16-21(40)25(44)28(47)30(50-16)20-12(39)5-15-19(24(20)43)11(38)4-13(49-15)9-1-2-10(37)14(3-9)51-33-31(27(46)23(42)18(8-36)53-33)54-32-29(48)26(45)22(41)17(7-35)52-32/h1-5,16-18,21-23,25-37,39-48H,6-8H2/t16-,17-,18+,21-,22-,23-,25+,26+,27+,28-,29-,30+,31-,32+,33-/m1/s1. The smallest absolute Gasteiger partial charge is 0.229 e. The van der Waals surface area contributed by atoms with Gasteiger partial charge in [0.15, 0.2) is 29.3 Å². The van der Waals surface area contributed by atoms with E-state index in [2.05, 4.69) is 0 Å². The zero-order valence-corrected chi connectivity index (χ0v) is 27.8. The summed E-state index contributed by atoms with van der Waals surface area (Å²) < 4.78 is 33.6. The molecule has 4 heterocycles. The van der Waals surface area contributed by atoms with Crippen molar-refractivity contribution in [3.63, 3.8) is 0 Å². The minimum absolute atomic E-state index is 0.0280. The van der Waals surface area contributed by atoms with Crippen molar-refractivity contribution in [2.24, 2.45) is 0 Å². The molecule has 3 aromatic rings. The fraction of sp³-hybridized carbons (Fsp3) is 0.545. The van der Waals surface area contributed by atoms with Crippen molar-refractivity contribution in [3.8, 4) is 34.3 Å². The monoisotopic (exact) mass is 772 g/mol. The van der Waals surface area contributed by atoms with E-state index in [1.807, 2.05) is 0 Å². The van der Waals surface area contributed by atoms with Crippen LogP contribution in [0.4, 0.5) is 0 Å². The Kier molecular flexibility index (Phi) is 11.7. The Labute approximate surface area is 302 Å². The molecule has 21 heteroatoms. The van der Waals surface area contributed by atoms with Crippen LogP contribution in [0, 0.1) is 0 Å². The number of aliphatic hydroxyl groups is 11. The summed E-state index contributed by atoms with van der Waals surface area (Å²) in [4.78, 5) is 13.4. The highest BCUT2D eigenvalue weighted by atomic mass is 16.8. The fourth-order valence-electron chi connectivity index (χ4n) is 6.59.